The Hall–Kier alpha value is -1.06. The van der Waals surface area contributed by atoms with Crippen molar-refractivity contribution in [3.8, 4) is 5.75 Å². The molecule has 92 valence electrons. The zero-order valence-corrected chi connectivity index (χ0v) is 11.6. The lowest BCUT2D eigenvalue weighted by Crippen LogP contribution is -2.17. The first kappa shape index (κ1) is 12.4. The standard InChI is InChI=1S/C14H19NOS/c1-5-15-10(3)14-9(2)12-8-11(16-4)6-7-13(12)17-14/h6-8,10,15H,5H2,1-4H3. The summed E-state index contributed by atoms with van der Waals surface area (Å²) in [6.07, 6.45) is 0. The maximum atomic E-state index is 5.28. The van der Waals surface area contributed by atoms with Gasteiger partial charge in [-0.05, 0) is 49.5 Å². The number of ether oxygens (including phenoxy) is 1. The highest BCUT2D eigenvalue weighted by atomic mass is 32.1. The van der Waals surface area contributed by atoms with Gasteiger partial charge in [-0.3, -0.25) is 0 Å². The molecule has 0 aliphatic rings. The monoisotopic (exact) mass is 249 g/mol. The molecular formula is C14H19NOS. The predicted molar refractivity (Wildman–Crippen MR) is 75.2 cm³/mol. The fourth-order valence-corrected chi connectivity index (χ4v) is 3.38. The molecule has 0 fully saturated rings. The number of rotatable bonds is 4. The molecule has 3 heteroatoms. The topological polar surface area (TPSA) is 21.3 Å². The average Bonchev–Trinajstić information content (AvgIpc) is 2.67. The predicted octanol–water partition coefficient (Wildman–Crippen LogP) is 3.89. The van der Waals surface area contributed by atoms with Crippen molar-refractivity contribution in [2.45, 2.75) is 26.8 Å². The highest BCUT2D eigenvalue weighted by Crippen LogP contribution is 2.36. The van der Waals surface area contributed by atoms with Crippen molar-refractivity contribution in [3.05, 3.63) is 28.6 Å². The summed E-state index contributed by atoms with van der Waals surface area (Å²) in [5, 5.41) is 4.79. The largest absolute Gasteiger partial charge is 0.497 e. The molecule has 0 amide bonds. The van der Waals surface area contributed by atoms with Crippen LogP contribution in [-0.4, -0.2) is 13.7 Å². The smallest absolute Gasteiger partial charge is 0.119 e. The second-order valence-corrected chi connectivity index (χ2v) is 5.32. The van der Waals surface area contributed by atoms with Crippen molar-refractivity contribution >= 4 is 21.4 Å². The van der Waals surface area contributed by atoms with Gasteiger partial charge >= 0.3 is 0 Å². The fourth-order valence-electron chi connectivity index (χ4n) is 2.16. The molecule has 1 unspecified atom stereocenters. The van der Waals surface area contributed by atoms with Crippen molar-refractivity contribution in [2.24, 2.45) is 0 Å². The maximum Gasteiger partial charge on any atom is 0.119 e. The highest BCUT2D eigenvalue weighted by Gasteiger charge is 2.14. The summed E-state index contributed by atoms with van der Waals surface area (Å²) in [5.74, 6) is 0.932. The van der Waals surface area contributed by atoms with Crippen molar-refractivity contribution in [2.75, 3.05) is 13.7 Å². The lowest BCUT2D eigenvalue weighted by Gasteiger charge is -2.11. The van der Waals surface area contributed by atoms with Crippen LogP contribution in [0.15, 0.2) is 18.2 Å². The second kappa shape index (κ2) is 5.07. The lowest BCUT2D eigenvalue weighted by atomic mass is 10.1. The molecule has 0 saturated carbocycles. The Morgan fingerprint density at radius 3 is 2.82 bits per heavy atom. The maximum absolute atomic E-state index is 5.28. The first-order chi connectivity index (χ1) is 8.17. The number of fused-ring (bicyclic) bond motifs is 1. The first-order valence-corrected chi connectivity index (χ1v) is 6.79. The molecular weight excluding hydrogens is 230 g/mol. The number of aryl methyl sites for hydroxylation is 1. The van der Waals surface area contributed by atoms with Gasteiger partial charge in [0, 0.05) is 15.6 Å². The van der Waals surface area contributed by atoms with E-state index in [1.807, 2.05) is 17.4 Å². The number of hydrogen-bond donors (Lipinski definition) is 1. The average molecular weight is 249 g/mol. The van der Waals surface area contributed by atoms with E-state index >= 15 is 0 Å². The van der Waals surface area contributed by atoms with Gasteiger partial charge in [0.1, 0.15) is 5.75 Å². The third-order valence-corrected chi connectivity index (χ3v) is 4.54. The van der Waals surface area contributed by atoms with Gasteiger partial charge in [0.25, 0.3) is 0 Å². The van der Waals surface area contributed by atoms with Gasteiger partial charge in [0.15, 0.2) is 0 Å². The second-order valence-electron chi connectivity index (χ2n) is 4.23. The SMILES string of the molecule is CCNC(C)c1sc2ccc(OC)cc2c1C. The van der Waals surface area contributed by atoms with Crippen molar-refractivity contribution in [1.82, 2.24) is 5.32 Å². The number of hydrogen-bond acceptors (Lipinski definition) is 3. The fraction of sp³-hybridized carbons (Fsp3) is 0.429. The van der Waals surface area contributed by atoms with Crippen LogP contribution in [0.2, 0.25) is 0 Å². The van der Waals surface area contributed by atoms with Crippen LogP contribution in [0.4, 0.5) is 0 Å². The zero-order chi connectivity index (χ0) is 12.4. The van der Waals surface area contributed by atoms with Crippen LogP contribution in [0.5, 0.6) is 5.75 Å². The summed E-state index contributed by atoms with van der Waals surface area (Å²) in [4.78, 5) is 1.43. The molecule has 17 heavy (non-hydrogen) atoms. The number of nitrogens with one attached hydrogen (secondary N) is 1. The summed E-state index contributed by atoms with van der Waals surface area (Å²) >= 11 is 1.87. The molecule has 0 spiro atoms. The van der Waals surface area contributed by atoms with Crippen molar-refractivity contribution < 1.29 is 4.74 Å². The Kier molecular flexibility index (Phi) is 3.69. The van der Waals surface area contributed by atoms with Gasteiger partial charge in [-0.1, -0.05) is 6.92 Å². The zero-order valence-electron chi connectivity index (χ0n) is 10.8. The minimum absolute atomic E-state index is 0.420. The summed E-state index contributed by atoms with van der Waals surface area (Å²) in [7, 11) is 1.71. The van der Waals surface area contributed by atoms with Crippen LogP contribution < -0.4 is 10.1 Å². The summed E-state index contributed by atoms with van der Waals surface area (Å²) in [6, 6.07) is 6.72. The minimum Gasteiger partial charge on any atom is -0.497 e. The molecule has 0 radical (unpaired) electrons. The molecule has 2 rings (SSSR count). The molecule has 2 aromatic rings. The van der Waals surface area contributed by atoms with E-state index in [1.54, 1.807) is 7.11 Å². The Labute approximate surface area is 107 Å². The number of benzene rings is 1. The molecule has 1 atom stereocenters. The van der Waals surface area contributed by atoms with Crippen LogP contribution in [0.25, 0.3) is 10.1 Å². The number of thiophene rings is 1. The van der Waals surface area contributed by atoms with E-state index in [0.717, 1.165) is 12.3 Å². The van der Waals surface area contributed by atoms with Crippen molar-refractivity contribution in [1.29, 1.82) is 0 Å². The minimum atomic E-state index is 0.420. The lowest BCUT2D eigenvalue weighted by molar-refractivity contribution is 0.415. The Balaban J connectivity index is 2.49. The van der Waals surface area contributed by atoms with E-state index in [-0.39, 0.29) is 0 Å². The van der Waals surface area contributed by atoms with Crippen LogP contribution >= 0.6 is 11.3 Å². The van der Waals surface area contributed by atoms with E-state index in [4.69, 9.17) is 4.74 Å². The Morgan fingerprint density at radius 2 is 2.18 bits per heavy atom. The van der Waals surface area contributed by atoms with E-state index in [9.17, 15) is 0 Å². The normalized spacial score (nSPS) is 12.9. The summed E-state index contributed by atoms with van der Waals surface area (Å²) < 4.78 is 6.62. The van der Waals surface area contributed by atoms with Gasteiger partial charge in [0.2, 0.25) is 0 Å². The summed E-state index contributed by atoms with van der Waals surface area (Å²) in [6.45, 7) is 7.56. The van der Waals surface area contributed by atoms with E-state index in [2.05, 4.69) is 38.2 Å². The number of methoxy groups -OCH3 is 1. The Bertz CT molecular complexity index is 518. The van der Waals surface area contributed by atoms with Crippen LogP contribution in [0, 0.1) is 6.92 Å². The quantitative estimate of drug-likeness (QED) is 0.887. The molecule has 1 aromatic carbocycles. The van der Waals surface area contributed by atoms with Crippen LogP contribution in [0.1, 0.15) is 30.3 Å². The van der Waals surface area contributed by atoms with Crippen LogP contribution in [-0.2, 0) is 0 Å². The summed E-state index contributed by atoms with van der Waals surface area (Å²) in [5.41, 5.74) is 1.37. The van der Waals surface area contributed by atoms with Crippen molar-refractivity contribution in [3.63, 3.8) is 0 Å². The van der Waals surface area contributed by atoms with Gasteiger partial charge in [-0.2, -0.15) is 0 Å². The van der Waals surface area contributed by atoms with E-state index in [0.29, 0.717) is 6.04 Å². The van der Waals surface area contributed by atoms with Crippen LogP contribution in [0.3, 0.4) is 0 Å². The van der Waals surface area contributed by atoms with E-state index in [1.165, 1.54) is 20.5 Å². The van der Waals surface area contributed by atoms with Gasteiger partial charge in [-0.25, -0.2) is 0 Å². The first-order valence-electron chi connectivity index (χ1n) is 5.97. The molecule has 1 N–H and O–H groups in total. The highest BCUT2D eigenvalue weighted by molar-refractivity contribution is 7.19. The van der Waals surface area contributed by atoms with Gasteiger partial charge < -0.3 is 10.1 Å². The molecule has 0 aliphatic heterocycles. The molecule has 0 saturated heterocycles. The van der Waals surface area contributed by atoms with Gasteiger partial charge in [-0.15, -0.1) is 11.3 Å². The molecule has 2 nitrogen and oxygen atoms in total. The van der Waals surface area contributed by atoms with E-state index < -0.39 is 0 Å². The molecule has 1 heterocycles. The molecule has 0 aliphatic carbocycles. The Morgan fingerprint density at radius 1 is 1.41 bits per heavy atom. The molecule has 0 bridgehead atoms. The molecule has 1 aromatic heterocycles. The third-order valence-electron chi connectivity index (χ3n) is 3.08. The third kappa shape index (κ3) is 2.31. The van der Waals surface area contributed by atoms with Gasteiger partial charge in [0.05, 0.1) is 7.11 Å².